The van der Waals surface area contributed by atoms with Crippen LogP contribution >= 0.6 is 0 Å². The van der Waals surface area contributed by atoms with Crippen molar-refractivity contribution >= 4 is 17.5 Å². The number of rotatable bonds is 4. The molecular weight excluding hydrogens is 272 g/mol. The van der Waals surface area contributed by atoms with Gasteiger partial charge in [-0.15, -0.1) is 0 Å². The number of Topliss-reactive ketones (excluding diaryl/α,β-unsaturated/α-hetero) is 2. The molecule has 0 heterocycles. The van der Waals surface area contributed by atoms with E-state index in [4.69, 9.17) is 4.74 Å². The molecule has 0 saturated heterocycles. The number of carbonyl (C=O) groups is 3. The fourth-order valence-electron chi connectivity index (χ4n) is 2.72. The molecule has 0 spiro atoms. The van der Waals surface area contributed by atoms with Crippen LogP contribution in [0.1, 0.15) is 30.7 Å². The van der Waals surface area contributed by atoms with E-state index in [1.807, 2.05) is 12.1 Å². The minimum absolute atomic E-state index is 0.193. The third-order valence-corrected chi connectivity index (χ3v) is 3.89. The second-order valence-electron chi connectivity index (χ2n) is 5.07. The Balaban J connectivity index is 2.19. The lowest BCUT2D eigenvalue weighted by atomic mass is 9.75. The Kier molecular flexibility index (Phi) is 4.73. The van der Waals surface area contributed by atoms with Crippen molar-refractivity contribution in [2.45, 2.75) is 25.2 Å². The molecular formula is C16H18O5. The summed E-state index contributed by atoms with van der Waals surface area (Å²) in [6.07, 6.45) is 1.84. The van der Waals surface area contributed by atoms with Crippen molar-refractivity contribution in [3.8, 4) is 5.75 Å². The van der Waals surface area contributed by atoms with Crippen molar-refractivity contribution in [3.63, 3.8) is 0 Å². The van der Waals surface area contributed by atoms with Gasteiger partial charge in [0.25, 0.3) is 0 Å². The van der Waals surface area contributed by atoms with Crippen LogP contribution in [0.2, 0.25) is 0 Å². The third kappa shape index (κ3) is 3.12. The highest BCUT2D eigenvalue weighted by Gasteiger charge is 2.39. The molecule has 2 unspecified atom stereocenters. The van der Waals surface area contributed by atoms with E-state index in [0.29, 0.717) is 18.6 Å². The van der Waals surface area contributed by atoms with Gasteiger partial charge in [-0.05, 0) is 30.5 Å². The van der Waals surface area contributed by atoms with Gasteiger partial charge in [0.1, 0.15) is 5.75 Å². The van der Waals surface area contributed by atoms with E-state index >= 15 is 0 Å². The molecule has 5 heteroatoms. The van der Waals surface area contributed by atoms with Gasteiger partial charge in [-0.25, -0.2) is 4.79 Å². The Morgan fingerprint density at radius 3 is 2.33 bits per heavy atom. The van der Waals surface area contributed by atoms with Gasteiger partial charge >= 0.3 is 5.97 Å². The molecule has 0 radical (unpaired) electrons. The van der Waals surface area contributed by atoms with Gasteiger partial charge in [0.05, 0.1) is 20.1 Å². The van der Waals surface area contributed by atoms with Crippen LogP contribution in [0.15, 0.2) is 24.3 Å². The molecule has 0 aliphatic heterocycles. The van der Waals surface area contributed by atoms with Gasteiger partial charge < -0.3 is 9.47 Å². The van der Waals surface area contributed by atoms with E-state index < -0.39 is 17.7 Å². The van der Waals surface area contributed by atoms with Crippen LogP contribution in [0, 0.1) is 5.92 Å². The summed E-state index contributed by atoms with van der Waals surface area (Å²) >= 11 is 0. The lowest BCUT2D eigenvalue weighted by molar-refractivity contribution is -0.156. The smallest absolute Gasteiger partial charge is 0.375 e. The van der Waals surface area contributed by atoms with Crippen molar-refractivity contribution in [1.82, 2.24) is 0 Å². The molecule has 1 fully saturated rings. The highest BCUT2D eigenvalue weighted by molar-refractivity contribution is 6.38. The van der Waals surface area contributed by atoms with Crippen molar-refractivity contribution in [2.75, 3.05) is 14.2 Å². The zero-order valence-corrected chi connectivity index (χ0v) is 12.1. The summed E-state index contributed by atoms with van der Waals surface area (Å²) in [4.78, 5) is 35.7. The second-order valence-corrected chi connectivity index (χ2v) is 5.07. The highest BCUT2D eigenvalue weighted by atomic mass is 16.5. The first-order chi connectivity index (χ1) is 10.1. The number of hydrogen-bond acceptors (Lipinski definition) is 5. The molecule has 112 valence electrons. The first-order valence-electron chi connectivity index (χ1n) is 6.88. The van der Waals surface area contributed by atoms with Gasteiger partial charge in [0, 0.05) is 5.92 Å². The average Bonchev–Trinajstić information content (AvgIpc) is 2.54. The number of methoxy groups -OCH3 is 2. The predicted molar refractivity (Wildman–Crippen MR) is 75.1 cm³/mol. The Morgan fingerprint density at radius 1 is 1.10 bits per heavy atom. The third-order valence-electron chi connectivity index (χ3n) is 3.89. The van der Waals surface area contributed by atoms with Crippen LogP contribution in [0.3, 0.4) is 0 Å². The molecule has 1 saturated carbocycles. The second kappa shape index (κ2) is 6.52. The molecule has 1 aliphatic carbocycles. The molecule has 1 aliphatic rings. The summed E-state index contributed by atoms with van der Waals surface area (Å²) < 4.78 is 9.52. The topological polar surface area (TPSA) is 69.7 Å². The van der Waals surface area contributed by atoms with Crippen LogP contribution in [-0.4, -0.2) is 31.8 Å². The Hall–Kier alpha value is -2.17. The lowest BCUT2D eigenvalue weighted by Gasteiger charge is -2.26. The maximum absolute atomic E-state index is 12.5. The molecule has 2 rings (SSSR count). The number of hydrogen-bond donors (Lipinski definition) is 0. The number of benzene rings is 1. The maximum atomic E-state index is 12.5. The minimum Gasteiger partial charge on any atom is -0.497 e. The molecule has 21 heavy (non-hydrogen) atoms. The van der Waals surface area contributed by atoms with Crippen molar-refractivity contribution in [2.24, 2.45) is 5.92 Å². The number of carbonyl (C=O) groups excluding carboxylic acids is 3. The van der Waals surface area contributed by atoms with E-state index in [-0.39, 0.29) is 11.7 Å². The van der Waals surface area contributed by atoms with E-state index in [2.05, 4.69) is 4.74 Å². The van der Waals surface area contributed by atoms with Crippen molar-refractivity contribution in [1.29, 1.82) is 0 Å². The van der Waals surface area contributed by atoms with E-state index in [9.17, 15) is 14.4 Å². The Labute approximate surface area is 123 Å². The molecule has 5 nitrogen and oxygen atoms in total. The fourth-order valence-corrected chi connectivity index (χ4v) is 2.72. The van der Waals surface area contributed by atoms with Gasteiger partial charge in [0.15, 0.2) is 5.78 Å². The largest absolute Gasteiger partial charge is 0.497 e. The quantitative estimate of drug-likeness (QED) is 0.481. The lowest BCUT2D eigenvalue weighted by Crippen LogP contribution is -2.36. The monoisotopic (exact) mass is 290 g/mol. The predicted octanol–water partition coefficient (Wildman–Crippen LogP) is 1.89. The number of ether oxygens (including phenoxy) is 2. The zero-order chi connectivity index (χ0) is 15.4. The summed E-state index contributed by atoms with van der Waals surface area (Å²) in [6, 6.07) is 7.22. The number of esters is 1. The molecule has 0 aromatic heterocycles. The van der Waals surface area contributed by atoms with E-state index in [1.165, 1.54) is 0 Å². The van der Waals surface area contributed by atoms with Gasteiger partial charge in [-0.1, -0.05) is 18.6 Å². The van der Waals surface area contributed by atoms with E-state index in [1.54, 1.807) is 19.2 Å². The molecule has 0 N–H and O–H groups in total. The highest BCUT2D eigenvalue weighted by Crippen LogP contribution is 2.34. The van der Waals surface area contributed by atoms with Gasteiger partial charge in [-0.3, -0.25) is 9.59 Å². The van der Waals surface area contributed by atoms with Crippen molar-refractivity contribution in [3.05, 3.63) is 29.8 Å². The fraction of sp³-hybridized carbons (Fsp3) is 0.438. The first-order valence-corrected chi connectivity index (χ1v) is 6.88. The van der Waals surface area contributed by atoms with Crippen LogP contribution in [-0.2, 0) is 19.1 Å². The van der Waals surface area contributed by atoms with Crippen LogP contribution in [0.25, 0.3) is 0 Å². The number of ketones is 2. The average molecular weight is 290 g/mol. The molecule has 1 aromatic carbocycles. The van der Waals surface area contributed by atoms with Crippen LogP contribution in [0.4, 0.5) is 0 Å². The zero-order valence-electron chi connectivity index (χ0n) is 12.1. The molecule has 0 bridgehead atoms. The molecule has 1 aromatic rings. The van der Waals surface area contributed by atoms with E-state index in [0.717, 1.165) is 19.1 Å². The van der Waals surface area contributed by atoms with Gasteiger partial charge in [0.2, 0.25) is 5.78 Å². The summed E-state index contributed by atoms with van der Waals surface area (Å²) in [5, 5.41) is 0. The summed E-state index contributed by atoms with van der Waals surface area (Å²) in [6.45, 7) is 0. The van der Waals surface area contributed by atoms with Gasteiger partial charge in [-0.2, -0.15) is 0 Å². The normalized spacial score (nSPS) is 21.7. The molecule has 2 atom stereocenters. The maximum Gasteiger partial charge on any atom is 0.375 e. The summed E-state index contributed by atoms with van der Waals surface area (Å²) in [5.41, 5.74) is 0.850. The summed E-state index contributed by atoms with van der Waals surface area (Å²) in [7, 11) is 2.72. The Morgan fingerprint density at radius 2 is 1.76 bits per heavy atom. The minimum atomic E-state index is -0.941. The standard InChI is InChI=1S/C16H18O5/c1-20-11-8-6-10(7-9-11)12-4-3-5-13(14(12)17)15(18)16(19)21-2/h6-9,12-13H,3-5H2,1-2H3. The van der Waals surface area contributed by atoms with Crippen LogP contribution in [0.5, 0.6) is 5.75 Å². The van der Waals surface area contributed by atoms with Crippen molar-refractivity contribution < 1.29 is 23.9 Å². The van der Waals surface area contributed by atoms with Crippen LogP contribution < -0.4 is 4.74 Å². The SMILES string of the molecule is COC(=O)C(=O)C1CCCC(c2ccc(OC)cc2)C1=O. The molecule has 0 amide bonds. The Bertz CT molecular complexity index is 546. The first kappa shape index (κ1) is 15.2. The summed E-state index contributed by atoms with van der Waals surface area (Å²) in [5.74, 6) is -2.38.